The summed E-state index contributed by atoms with van der Waals surface area (Å²) in [7, 11) is 0. The molecule has 17 heavy (non-hydrogen) atoms. The summed E-state index contributed by atoms with van der Waals surface area (Å²) in [5.74, 6) is 0.838. The van der Waals surface area contributed by atoms with Gasteiger partial charge in [-0.05, 0) is 20.3 Å². The van der Waals surface area contributed by atoms with Gasteiger partial charge in [0.15, 0.2) is 0 Å². The lowest BCUT2D eigenvalue weighted by atomic mass is 10.2. The van der Waals surface area contributed by atoms with Gasteiger partial charge in [0.05, 0.1) is 22.8 Å². The van der Waals surface area contributed by atoms with Crippen LogP contribution in [-0.2, 0) is 6.54 Å². The van der Waals surface area contributed by atoms with Crippen LogP contribution in [0.5, 0.6) is 0 Å². The first kappa shape index (κ1) is 12.3. The number of alkyl halides is 1. The zero-order chi connectivity index (χ0) is 12.4. The normalized spacial score (nSPS) is 12.9. The lowest BCUT2D eigenvalue weighted by Crippen LogP contribution is -2.02. The van der Waals surface area contributed by atoms with E-state index in [2.05, 4.69) is 38.3 Å². The lowest BCUT2D eigenvalue weighted by Gasteiger charge is -2.00. The van der Waals surface area contributed by atoms with Gasteiger partial charge in [-0.3, -0.25) is 0 Å². The molecule has 0 aliphatic carbocycles. The maximum absolute atomic E-state index is 5.12. The van der Waals surface area contributed by atoms with Crippen molar-refractivity contribution in [1.82, 2.24) is 20.2 Å². The Hall–Kier alpha value is -1.17. The Bertz CT molecular complexity index is 486. The van der Waals surface area contributed by atoms with Crippen molar-refractivity contribution in [2.45, 2.75) is 38.6 Å². The van der Waals surface area contributed by atoms with E-state index in [1.165, 1.54) is 0 Å². The highest BCUT2D eigenvalue weighted by molar-refractivity contribution is 9.09. The zero-order valence-corrected chi connectivity index (χ0v) is 11.7. The molecule has 0 aromatic carbocycles. The minimum atomic E-state index is 0.265. The van der Waals surface area contributed by atoms with Crippen LogP contribution in [0.25, 0.3) is 0 Å². The molecule has 2 aromatic rings. The van der Waals surface area contributed by atoms with Gasteiger partial charge in [-0.2, -0.15) is 0 Å². The first-order valence-electron chi connectivity index (χ1n) is 5.57. The van der Waals surface area contributed by atoms with E-state index in [9.17, 15) is 0 Å². The van der Waals surface area contributed by atoms with Crippen molar-refractivity contribution in [3.05, 3.63) is 28.9 Å². The number of rotatable bonds is 4. The highest BCUT2D eigenvalue weighted by atomic mass is 79.9. The molecular weight excluding hydrogens is 284 g/mol. The van der Waals surface area contributed by atoms with E-state index >= 15 is 0 Å². The fourth-order valence-corrected chi connectivity index (χ4v) is 1.84. The van der Waals surface area contributed by atoms with Crippen molar-refractivity contribution in [2.75, 3.05) is 0 Å². The van der Waals surface area contributed by atoms with Crippen molar-refractivity contribution in [3.63, 3.8) is 0 Å². The van der Waals surface area contributed by atoms with Crippen LogP contribution >= 0.6 is 15.9 Å². The van der Waals surface area contributed by atoms with Crippen LogP contribution in [0.3, 0.4) is 0 Å². The summed E-state index contributed by atoms with van der Waals surface area (Å²) in [6.45, 7) is 6.60. The van der Waals surface area contributed by atoms with Gasteiger partial charge in [-0.15, -0.1) is 5.10 Å². The van der Waals surface area contributed by atoms with Gasteiger partial charge < -0.3 is 4.52 Å². The quantitative estimate of drug-likeness (QED) is 0.815. The van der Waals surface area contributed by atoms with Gasteiger partial charge in [0.2, 0.25) is 0 Å². The van der Waals surface area contributed by atoms with E-state index in [-0.39, 0.29) is 4.83 Å². The topological polar surface area (TPSA) is 56.7 Å². The minimum Gasteiger partial charge on any atom is -0.361 e. The summed E-state index contributed by atoms with van der Waals surface area (Å²) in [4.78, 5) is 0.265. The Morgan fingerprint density at radius 3 is 2.82 bits per heavy atom. The molecule has 0 aliphatic heterocycles. The van der Waals surface area contributed by atoms with Crippen molar-refractivity contribution >= 4 is 15.9 Å². The fourth-order valence-electron chi connectivity index (χ4n) is 1.63. The average Bonchev–Trinajstić information content (AvgIpc) is 2.90. The number of hydrogen-bond acceptors (Lipinski definition) is 4. The van der Waals surface area contributed by atoms with Crippen LogP contribution in [0.4, 0.5) is 0 Å². The molecule has 2 rings (SSSR count). The maximum atomic E-state index is 5.12. The van der Waals surface area contributed by atoms with Crippen molar-refractivity contribution < 1.29 is 4.52 Å². The Balaban J connectivity index is 2.17. The number of aryl methyl sites for hydroxylation is 2. The molecule has 0 amide bonds. The van der Waals surface area contributed by atoms with E-state index in [1.54, 1.807) is 0 Å². The fraction of sp³-hybridized carbons (Fsp3) is 0.545. The molecule has 92 valence electrons. The number of nitrogens with zero attached hydrogens (tertiary/aromatic N) is 4. The van der Waals surface area contributed by atoms with Crippen LogP contribution in [0.2, 0.25) is 0 Å². The summed E-state index contributed by atoms with van der Waals surface area (Å²) >= 11 is 3.56. The predicted octanol–water partition coefficient (Wildman–Crippen LogP) is 2.78. The van der Waals surface area contributed by atoms with Gasteiger partial charge >= 0.3 is 0 Å². The predicted molar refractivity (Wildman–Crippen MR) is 67.1 cm³/mol. The molecule has 2 aromatic heterocycles. The number of halogens is 1. The largest absolute Gasteiger partial charge is 0.361 e. The zero-order valence-electron chi connectivity index (χ0n) is 10.1. The SMILES string of the molecule is CCC(Br)c1cn(Cc2c(C)noc2C)nn1. The summed E-state index contributed by atoms with van der Waals surface area (Å²) in [5.41, 5.74) is 2.94. The van der Waals surface area contributed by atoms with Crippen molar-refractivity contribution in [2.24, 2.45) is 0 Å². The lowest BCUT2D eigenvalue weighted by molar-refractivity contribution is 0.391. The molecule has 2 heterocycles. The molecule has 6 heteroatoms. The van der Waals surface area contributed by atoms with Crippen LogP contribution in [0.15, 0.2) is 10.7 Å². The van der Waals surface area contributed by atoms with Crippen LogP contribution in [0, 0.1) is 13.8 Å². The highest BCUT2D eigenvalue weighted by Gasteiger charge is 2.13. The molecule has 1 atom stereocenters. The number of hydrogen-bond donors (Lipinski definition) is 0. The Kier molecular flexibility index (Phi) is 3.61. The molecule has 5 nitrogen and oxygen atoms in total. The van der Waals surface area contributed by atoms with Crippen LogP contribution in [-0.4, -0.2) is 20.2 Å². The molecule has 0 N–H and O–H groups in total. The van der Waals surface area contributed by atoms with Gasteiger partial charge in [0.25, 0.3) is 0 Å². The van der Waals surface area contributed by atoms with E-state index < -0.39 is 0 Å². The third kappa shape index (κ3) is 2.57. The van der Waals surface area contributed by atoms with Crippen LogP contribution in [0.1, 0.15) is 40.9 Å². The average molecular weight is 299 g/mol. The third-order valence-electron chi connectivity index (χ3n) is 2.74. The van der Waals surface area contributed by atoms with E-state index in [4.69, 9.17) is 4.52 Å². The van der Waals surface area contributed by atoms with Gasteiger partial charge in [0, 0.05) is 11.8 Å². The minimum absolute atomic E-state index is 0.265. The first-order chi connectivity index (χ1) is 8.11. The second-order valence-corrected chi connectivity index (χ2v) is 5.12. The van der Waals surface area contributed by atoms with Gasteiger partial charge in [0.1, 0.15) is 5.76 Å². The van der Waals surface area contributed by atoms with Crippen molar-refractivity contribution in [1.29, 1.82) is 0 Å². The van der Waals surface area contributed by atoms with Gasteiger partial charge in [-0.25, -0.2) is 4.68 Å². The Morgan fingerprint density at radius 1 is 1.47 bits per heavy atom. The van der Waals surface area contributed by atoms with E-state index in [0.29, 0.717) is 6.54 Å². The third-order valence-corrected chi connectivity index (χ3v) is 3.85. The van der Waals surface area contributed by atoms with E-state index in [1.807, 2.05) is 24.7 Å². The Labute approximate surface area is 108 Å². The summed E-state index contributed by atoms with van der Waals surface area (Å²) < 4.78 is 6.93. The summed E-state index contributed by atoms with van der Waals surface area (Å²) in [6, 6.07) is 0. The molecule has 0 fully saturated rings. The second-order valence-electron chi connectivity index (χ2n) is 4.02. The summed E-state index contributed by atoms with van der Waals surface area (Å²) in [6.07, 6.45) is 2.94. The Morgan fingerprint density at radius 2 is 2.24 bits per heavy atom. The number of aromatic nitrogens is 4. The molecule has 0 radical (unpaired) electrons. The molecule has 0 aliphatic rings. The van der Waals surface area contributed by atoms with E-state index in [0.717, 1.165) is 29.1 Å². The molecule has 1 unspecified atom stereocenters. The molecule has 0 spiro atoms. The standard InChI is InChI=1S/C11H15BrN4O/c1-4-10(12)11-6-16(15-13-11)5-9-7(2)14-17-8(9)3/h6,10H,4-5H2,1-3H3. The molecule has 0 saturated carbocycles. The molecule has 0 saturated heterocycles. The van der Waals surface area contributed by atoms with Crippen LogP contribution < -0.4 is 0 Å². The maximum Gasteiger partial charge on any atom is 0.138 e. The summed E-state index contributed by atoms with van der Waals surface area (Å²) in [5, 5.41) is 12.2. The smallest absolute Gasteiger partial charge is 0.138 e. The molecule has 0 bridgehead atoms. The van der Waals surface area contributed by atoms with Gasteiger partial charge in [-0.1, -0.05) is 33.2 Å². The first-order valence-corrected chi connectivity index (χ1v) is 6.49. The van der Waals surface area contributed by atoms with Crippen molar-refractivity contribution in [3.8, 4) is 0 Å². The second kappa shape index (κ2) is 5.00. The highest BCUT2D eigenvalue weighted by Crippen LogP contribution is 2.23. The molecular formula is C11H15BrN4O. The monoisotopic (exact) mass is 298 g/mol.